The van der Waals surface area contributed by atoms with E-state index >= 15 is 0 Å². The Morgan fingerprint density at radius 2 is 1.75 bits per heavy atom. The van der Waals surface area contributed by atoms with Crippen molar-refractivity contribution >= 4 is 29.1 Å². The summed E-state index contributed by atoms with van der Waals surface area (Å²) in [6.07, 6.45) is 1.50. The fourth-order valence-corrected chi connectivity index (χ4v) is 4.96. The average molecular weight is 483 g/mol. The number of fused-ring (bicyclic) bond motifs is 2. The van der Waals surface area contributed by atoms with Crippen LogP contribution in [0.1, 0.15) is 44.7 Å². The smallest absolute Gasteiger partial charge is 0.256 e. The molecule has 0 bridgehead atoms. The Kier molecular flexibility index (Phi) is 6.46. The molecule has 184 valence electrons. The van der Waals surface area contributed by atoms with E-state index in [9.17, 15) is 14.4 Å². The molecular formula is C29H30N4O3. The molecule has 36 heavy (non-hydrogen) atoms. The minimum atomic E-state index is -0.435. The first kappa shape index (κ1) is 23.6. The van der Waals surface area contributed by atoms with Gasteiger partial charge in [0.25, 0.3) is 11.8 Å². The number of nitrogens with zero attached hydrogens (tertiary/aromatic N) is 3. The van der Waals surface area contributed by atoms with Gasteiger partial charge in [-0.25, -0.2) is 0 Å². The van der Waals surface area contributed by atoms with Crippen molar-refractivity contribution in [3.8, 4) is 0 Å². The Bertz CT molecular complexity index is 1300. The highest BCUT2D eigenvalue weighted by Gasteiger charge is 2.41. The van der Waals surface area contributed by atoms with Gasteiger partial charge in [-0.2, -0.15) is 0 Å². The number of nitrogens with one attached hydrogen (secondary N) is 1. The van der Waals surface area contributed by atoms with E-state index in [0.29, 0.717) is 42.9 Å². The summed E-state index contributed by atoms with van der Waals surface area (Å²) < 4.78 is 0. The van der Waals surface area contributed by atoms with Crippen LogP contribution in [0.3, 0.4) is 0 Å². The monoisotopic (exact) mass is 482 g/mol. The van der Waals surface area contributed by atoms with Gasteiger partial charge in [-0.3, -0.25) is 14.4 Å². The summed E-state index contributed by atoms with van der Waals surface area (Å²) in [5.74, 6) is -0.328. The molecule has 1 unspecified atom stereocenters. The van der Waals surface area contributed by atoms with Crippen LogP contribution < -0.4 is 15.1 Å². The van der Waals surface area contributed by atoms with Crippen molar-refractivity contribution in [2.75, 3.05) is 30.4 Å². The van der Waals surface area contributed by atoms with Crippen LogP contribution in [0.15, 0.2) is 72.8 Å². The fourth-order valence-electron chi connectivity index (χ4n) is 4.96. The summed E-state index contributed by atoms with van der Waals surface area (Å²) in [5, 5.41) is 2.98. The molecule has 3 aromatic rings. The summed E-state index contributed by atoms with van der Waals surface area (Å²) >= 11 is 0. The molecule has 0 radical (unpaired) electrons. The zero-order chi connectivity index (χ0) is 25.2. The number of rotatable bonds is 6. The lowest BCUT2D eigenvalue weighted by atomic mass is 10.1. The van der Waals surface area contributed by atoms with Crippen LogP contribution in [-0.4, -0.2) is 49.3 Å². The maximum absolute atomic E-state index is 13.5. The molecule has 0 aromatic heterocycles. The average Bonchev–Trinajstić information content (AvgIpc) is 3.37. The van der Waals surface area contributed by atoms with E-state index in [2.05, 4.69) is 5.32 Å². The van der Waals surface area contributed by atoms with Crippen molar-refractivity contribution in [2.45, 2.75) is 32.0 Å². The van der Waals surface area contributed by atoms with Gasteiger partial charge >= 0.3 is 0 Å². The fraction of sp³-hybridized carbons (Fsp3) is 0.276. The van der Waals surface area contributed by atoms with Crippen molar-refractivity contribution in [2.24, 2.45) is 0 Å². The minimum Gasteiger partial charge on any atom is -0.378 e. The molecule has 3 amide bonds. The van der Waals surface area contributed by atoms with Crippen LogP contribution in [0, 0.1) is 0 Å². The first-order valence-electron chi connectivity index (χ1n) is 12.3. The Hall–Kier alpha value is -4.13. The molecule has 2 aliphatic heterocycles. The van der Waals surface area contributed by atoms with E-state index in [-0.39, 0.29) is 17.7 Å². The largest absolute Gasteiger partial charge is 0.378 e. The molecule has 1 atom stereocenters. The third kappa shape index (κ3) is 4.56. The van der Waals surface area contributed by atoms with E-state index < -0.39 is 6.04 Å². The van der Waals surface area contributed by atoms with Gasteiger partial charge in [-0.1, -0.05) is 36.4 Å². The molecule has 3 aromatic carbocycles. The standard InChI is InChI=1S/C29H30N4O3/c1-31(2)23-14-12-20(13-15-23)18-30-27(34)22-8-5-7-21(17-22)19-33-25-10-4-3-9-24(25)28(35)32-16-6-11-26(32)29(33)36/h3-5,7-10,12-15,17,26H,6,11,16,18-19H2,1-2H3,(H,30,34). The number of carbonyl (C=O) groups is 3. The summed E-state index contributed by atoms with van der Waals surface area (Å²) in [4.78, 5) is 45.0. The normalized spacial score (nSPS) is 16.9. The number of hydrogen-bond donors (Lipinski definition) is 1. The van der Waals surface area contributed by atoms with Crippen LogP contribution in [0.4, 0.5) is 11.4 Å². The lowest BCUT2D eigenvalue weighted by Gasteiger charge is -2.26. The van der Waals surface area contributed by atoms with E-state index in [1.165, 1.54) is 0 Å². The highest BCUT2D eigenvalue weighted by atomic mass is 16.2. The quantitative estimate of drug-likeness (QED) is 0.580. The molecule has 5 rings (SSSR count). The number of amides is 3. The van der Waals surface area contributed by atoms with Crippen molar-refractivity contribution in [3.05, 3.63) is 95.1 Å². The van der Waals surface area contributed by atoms with Crippen molar-refractivity contribution in [3.63, 3.8) is 0 Å². The summed E-state index contributed by atoms with van der Waals surface area (Å²) in [6.45, 7) is 1.32. The van der Waals surface area contributed by atoms with Crippen LogP contribution in [0.5, 0.6) is 0 Å². The number of benzene rings is 3. The predicted octanol–water partition coefficient (Wildman–Crippen LogP) is 3.83. The number of hydrogen-bond acceptors (Lipinski definition) is 4. The van der Waals surface area contributed by atoms with Gasteiger partial charge in [-0.15, -0.1) is 0 Å². The Labute approximate surface area is 211 Å². The van der Waals surface area contributed by atoms with Gasteiger partial charge in [0.2, 0.25) is 5.91 Å². The topological polar surface area (TPSA) is 73.0 Å². The van der Waals surface area contributed by atoms with Gasteiger partial charge in [0.05, 0.1) is 17.8 Å². The van der Waals surface area contributed by atoms with E-state index in [0.717, 1.165) is 23.2 Å². The predicted molar refractivity (Wildman–Crippen MR) is 140 cm³/mol. The lowest BCUT2D eigenvalue weighted by Crippen LogP contribution is -2.44. The third-order valence-corrected chi connectivity index (χ3v) is 6.93. The maximum Gasteiger partial charge on any atom is 0.256 e. The lowest BCUT2D eigenvalue weighted by molar-refractivity contribution is -0.122. The number of para-hydroxylation sites is 1. The highest BCUT2D eigenvalue weighted by molar-refractivity contribution is 6.11. The van der Waals surface area contributed by atoms with Crippen molar-refractivity contribution in [1.82, 2.24) is 10.2 Å². The van der Waals surface area contributed by atoms with Gasteiger partial charge in [-0.05, 0) is 60.4 Å². The SMILES string of the molecule is CN(C)c1ccc(CNC(=O)c2cccc(CN3C(=O)C4CCCN4C(=O)c4ccccc43)c2)cc1. The second-order valence-electron chi connectivity index (χ2n) is 9.54. The van der Waals surface area contributed by atoms with Crippen LogP contribution in [0.2, 0.25) is 0 Å². The van der Waals surface area contributed by atoms with Crippen LogP contribution in [-0.2, 0) is 17.9 Å². The van der Waals surface area contributed by atoms with Gasteiger partial charge in [0.1, 0.15) is 6.04 Å². The first-order valence-corrected chi connectivity index (χ1v) is 12.3. The van der Waals surface area contributed by atoms with E-state index in [1.807, 2.05) is 79.7 Å². The second-order valence-corrected chi connectivity index (χ2v) is 9.54. The minimum absolute atomic E-state index is 0.0678. The molecule has 7 nitrogen and oxygen atoms in total. The van der Waals surface area contributed by atoms with E-state index in [4.69, 9.17) is 0 Å². The zero-order valence-electron chi connectivity index (χ0n) is 20.6. The molecule has 0 saturated carbocycles. The first-order chi connectivity index (χ1) is 17.4. The molecule has 1 N–H and O–H groups in total. The molecule has 7 heteroatoms. The number of carbonyl (C=O) groups excluding carboxylic acids is 3. The molecule has 1 saturated heterocycles. The summed E-state index contributed by atoms with van der Waals surface area (Å²) in [5.41, 5.74) is 4.65. The zero-order valence-corrected chi connectivity index (χ0v) is 20.6. The molecule has 2 heterocycles. The molecule has 0 spiro atoms. The van der Waals surface area contributed by atoms with Gasteiger partial charge < -0.3 is 20.0 Å². The number of anilines is 2. The third-order valence-electron chi connectivity index (χ3n) is 6.93. The second kappa shape index (κ2) is 9.85. The van der Waals surface area contributed by atoms with E-state index in [1.54, 1.807) is 21.9 Å². The van der Waals surface area contributed by atoms with Crippen LogP contribution in [0.25, 0.3) is 0 Å². The van der Waals surface area contributed by atoms with Gasteiger partial charge in [0, 0.05) is 38.4 Å². The molecule has 2 aliphatic rings. The highest BCUT2D eigenvalue weighted by Crippen LogP contribution is 2.33. The summed E-state index contributed by atoms with van der Waals surface area (Å²) in [7, 11) is 3.98. The van der Waals surface area contributed by atoms with Crippen LogP contribution >= 0.6 is 0 Å². The molecule has 1 fully saturated rings. The Morgan fingerprint density at radius 1 is 0.972 bits per heavy atom. The molecule has 0 aliphatic carbocycles. The van der Waals surface area contributed by atoms with Crippen molar-refractivity contribution < 1.29 is 14.4 Å². The maximum atomic E-state index is 13.5. The molecular weight excluding hydrogens is 452 g/mol. The Morgan fingerprint density at radius 3 is 2.53 bits per heavy atom. The van der Waals surface area contributed by atoms with Crippen molar-refractivity contribution in [1.29, 1.82) is 0 Å². The Balaban J connectivity index is 1.34. The summed E-state index contributed by atoms with van der Waals surface area (Å²) in [6, 6.07) is 22.2. The van der Waals surface area contributed by atoms with Gasteiger partial charge in [0.15, 0.2) is 0 Å².